The van der Waals surface area contributed by atoms with Gasteiger partial charge in [-0.15, -0.1) is 0 Å². The van der Waals surface area contributed by atoms with Gasteiger partial charge in [-0.1, -0.05) is 66.2 Å². The Labute approximate surface area is 168 Å². The molecule has 1 aliphatic rings. The fraction of sp³-hybridized carbons (Fsp3) is 0.130. The van der Waals surface area contributed by atoms with Crippen LogP contribution in [0.1, 0.15) is 22.0 Å². The number of carbonyl (C=O) groups is 2. The Kier molecular flexibility index (Phi) is 5.13. The molecule has 1 N–H and O–H groups in total. The lowest BCUT2D eigenvalue weighted by molar-refractivity contribution is -0.128. The van der Waals surface area contributed by atoms with Crippen molar-refractivity contribution in [1.29, 1.82) is 0 Å². The number of benzene rings is 3. The van der Waals surface area contributed by atoms with Crippen LogP contribution in [0, 0.1) is 0 Å². The minimum atomic E-state index is -0.694. The number of nitrogens with zero attached hydrogens (tertiary/aromatic N) is 1. The molecule has 2 amide bonds. The molecule has 4 nitrogen and oxygen atoms in total. The summed E-state index contributed by atoms with van der Waals surface area (Å²) < 4.78 is 0. The summed E-state index contributed by atoms with van der Waals surface area (Å²) in [7, 11) is 0. The van der Waals surface area contributed by atoms with Crippen molar-refractivity contribution in [3.8, 4) is 11.1 Å². The van der Waals surface area contributed by atoms with Crippen LogP contribution in [0.15, 0.2) is 78.9 Å². The van der Waals surface area contributed by atoms with Crippen molar-refractivity contribution in [2.75, 3.05) is 13.1 Å². The van der Waals surface area contributed by atoms with Crippen LogP contribution >= 0.6 is 11.6 Å². The van der Waals surface area contributed by atoms with Gasteiger partial charge < -0.3 is 10.2 Å². The molecule has 140 valence electrons. The molecule has 3 aromatic rings. The van der Waals surface area contributed by atoms with Crippen LogP contribution in [-0.2, 0) is 4.79 Å². The minimum absolute atomic E-state index is 0.169. The Bertz CT molecular complexity index is 1020. The average Bonchev–Trinajstić information content (AvgIpc) is 2.74. The van der Waals surface area contributed by atoms with E-state index in [0.717, 1.165) is 11.1 Å². The van der Waals surface area contributed by atoms with E-state index in [9.17, 15) is 9.59 Å². The summed E-state index contributed by atoms with van der Waals surface area (Å²) in [5.41, 5.74) is 3.27. The van der Waals surface area contributed by atoms with Crippen molar-refractivity contribution in [2.45, 2.75) is 6.04 Å². The molecule has 1 heterocycles. The zero-order chi connectivity index (χ0) is 19.5. The summed E-state index contributed by atoms with van der Waals surface area (Å²) in [5.74, 6) is -0.362. The second-order valence-corrected chi connectivity index (χ2v) is 7.13. The van der Waals surface area contributed by atoms with Crippen LogP contribution in [0.25, 0.3) is 11.1 Å². The number of carbonyl (C=O) groups excluding carboxylic acids is 2. The molecule has 5 heteroatoms. The summed E-state index contributed by atoms with van der Waals surface area (Å²) in [5, 5.41) is 3.38. The number of piperazine rings is 1. The molecule has 0 radical (unpaired) electrons. The maximum Gasteiger partial charge on any atom is 0.254 e. The van der Waals surface area contributed by atoms with Gasteiger partial charge in [0.25, 0.3) is 5.91 Å². The molecule has 0 aliphatic carbocycles. The standard InChI is InChI=1S/C23H19ClN2O2/c24-20-11-5-9-18(15-20)21-22(27)25-12-13-26(21)23(28)19-10-4-8-17(14-19)16-6-2-1-3-7-16/h1-11,14-15,21H,12-13H2,(H,25,27). The molecular weight excluding hydrogens is 372 g/mol. The minimum Gasteiger partial charge on any atom is -0.352 e. The van der Waals surface area contributed by atoms with Crippen LogP contribution in [0.3, 0.4) is 0 Å². The zero-order valence-corrected chi connectivity index (χ0v) is 15.9. The predicted octanol–water partition coefficient (Wildman–Crippen LogP) is 4.32. The van der Waals surface area contributed by atoms with Crippen molar-refractivity contribution in [2.24, 2.45) is 0 Å². The van der Waals surface area contributed by atoms with Crippen LogP contribution in [0.2, 0.25) is 5.02 Å². The van der Waals surface area contributed by atoms with Gasteiger partial charge in [-0.05, 0) is 41.0 Å². The monoisotopic (exact) mass is 390 g/mol. The van der Waals surface area contributed by atoms with Crippen molar-refractivity contribution >= 4 is 23.4 Å². The highest BCUT2D eigenvalue weighted by atomic mass is 35.5. The highest BCUT2D eigenvalue weighted by Crippen LogP contribution is 2.28. The molecule has 3 aromatic carbocycles. The molecule has 0 aromatic heterocycles. The average molecular weight is 391 g/mol. The first-order valence-corrected chi connectivity index (χ1v) is 9.51. The van der Waals surface area contributed by atoms with E-state index >= 15 is 0 Å². The van der Waals surface area contributed by atoms with E-state index in [1.807, 2.05) is 54.6 Å². The fourth-order valence-corrected chi connectivity index (χ4v) is 3.72. The second kappa shape index (κ2) is 7.87. The van der Waals surface area contributed by atoms with Crippen molar-refractivity contribution in [1.82, 2.24) is 10.2 Å². The lowest BCUT2D eigenvalue weighted by Gasteiger charge is -2.35. The van der Waals surface area contributed by atoms with E-state index in [-0.39, 0.29) is 11.8 Å². The molecule has 1 atom stereocenters. The normalized spacial score (nSPS) is 16.5. The topological polar surface area (TPSA) is 49.4 Å². The fourth-order valence-electron chi connectivity index (χ4n) is 3.52. The van der Waals surface area contributed by atoms with Gasteiger partial charge in [0.1, 0.15) is 6.04 Å². The van der Waals surface area contributed by atoms with Crippen LogP contribution in [-0.4, -0.2) is 29.8 Å². The molecule has 0 bridgehead atoms. The third kappa shape index (κ3) is 3.64. The van der Waals surface area contributed by atoms with E-state index in [4.69, 9.17) is 11.6 Å². The van der Waals surface area contributed by atoms with Crippen LogP contribution in [0.4, 0.5) is 0 Å². The SMILES string of the molecule is O=C1NCCN(C(=O)c2cccc(-c3ccccc3)c2)C1c1cccc(Cl)c1. The maximum absolute atomic E-state index is 13.3. The summed E-state index contributed by atoms with van der Waals surface area (Å²) in [6.07, 6.45) is 0. The maximum atomic E-state index is 13.3. The summed E-state index contributed by atoms with van der Waals surface area (Å²) in [6.45, 7) is 0.872. The third-order valence-corrected chi connectivity index (χ3v) is 5.09. The summed E-state index contributed by atoms with van der Waals surface area (Å²) >= 11 is 6.11. The van der Waals surface area contributed by atoms with Gasteiger partial charge in [0.15, 0.2) is 0 Å². The number of hydrogen-bond donors (Lipinski definition) is 1. The van der Waals surface area contributed by atoms with Crippen LogP contribution < -0.4 is 5.32 Å². The molecule has 1 aliphatic heterocycles. The number of hydrogen-bond acceptors (Lipinski definition) is 2. The molecular formula is C23H19ClN2O2. The molecule has 28 heavy (non-hydrogen) atoms. The Morgan fingerprint density at radius 3 is 2.46 bits per heavy atom. The number of amides is 2. The Morgan fingerprint density at radius 1 is 0.929 bits per heavy atom. The first kappa shape index (κ1) is 18.3. The van der Waals surface area contributed by atoms with Gasteiger partial charge in [0.2, 0.25) is 5.91 Å². The van der Waals surface area contributed by atoms with Crippen molar-refractivity contribution in [3.63, 3.8) is 0 Å². The third-order valence-electron chi connectivity index (χ3n) is 4.85. The largest absolute Gasteiger partial charge is 0.352 e. The lowest BCUT2D eigenvalue weighted by atomic mass is 9.99. The molecule has 1 unspecified atom stereocenters. The molecule has 0 saturated carbocycles. The summed E-state index contributed by atoms with van der Waals surface area (Å²) in [6, 6.07) is 23.8. The van der Waals surface area contributed by atoms with E-state index < -0.39 is 6.04 Å². The Balaban J connectivity index is 1.69. The number of rotatable bonds is 3. The van der Waals surface area contributed by atoms with Gasteiger partial charge in [0.05, 0.1) is 0 Å². The number of nitrogens with one attached hydrogen (secondary N) is 1. The number of halogens is 1. The zero-order valence-electron chi connectivity index (χ0n) is 15.1. The first-order valence-electron chi connectivity index (χ1n) is 9.13. The van der Waals surface area contributed by atoms with E-state index in [2.05, 4.69) is 5.32 Å². The van der Waals surface area contributed by atoms with Gasteiger partial charge >= 0.3 is 0 Å². The van der Waals surface area contributed by atoms with Crippen molar-refractivity contribution in [3.05, 3.63) is 95.0 Å². The van der Waals surface area contributed by atoms with E-state index in [0.29, 0.717) is 29.2 Å². The molecule has 1 fully saturated rings. The smallest absolute Gasteiger partial charge is 0.254 e. The highest BCUT2D eigenvalue weighted by molar-refractivity contribution is 6.30. The summed E-state index contributed by atoms with van der Waals surface area (Å²) in [4.78, 5) is 27.5. The molecule has 1 saturated heterocycles. The molecule has 0 spiro atoms. The van der Waals surface area contributed by atoms with Gasteiger partial charge in [-0.3, -0.25) is 9.59 Å². The molecule has 4 rings (SSSR count). The second-order valence-electron chi connectivity index (χ2n) is 6.69. The van der Waals surface area contributed by atoms with Gasteiger partial charge in [0, 0.05) is 23.7 Å². The van der Waals surface area contributed by atoms with E-state index in [1.165, 1.54) is 0 Å². The Hall–Kier alpha value is -3.11. The highest BCUT2D eigenvalue weighted by Gasteiger charge is 2.34. The lowest BCUT2D eigenvalue weighted by Crippen LogP contribution is -2.52. The van der Waals surface area contributed by atoms with Gasteiger partial charge in [-0.2, -0.15) is 0 Å². The quantitative estimate of drug-likeness (QED) is 0.724. The van der Waals surface area contributed by atoms with Crippen LogP contribution in [0.5, 0.6) is 0 Å². The van der Waals surface area contributed by atoms with Gasteiger partial charge in [-0.25, -0.2) is 0 Å². The first-order chi connectivity index (χ1) is 13.6. The van der Waals surface area contributed by atoms with Crippen molar-refractivity contribution < 1.29 is 9.59 Å². The van der Waals surface area contributed by atoms with E-state index in [1.54, 1.807) is 29.2 Å². The Morgan fingerprint density at radius 2 is 1.68 bits per heavy atom. The predicted molar refractivity (Wildman–Crippen MR) is 110 cm³/mol.